The number of H-pyrrole nitrogens is 2. The van der Waals surface area contributed by atoms with Crippen LogP contribution >= 0.6 is 12.2 Å². The molecule has 5 rings (SSSR count). The molecule has 2 aromatic heterocycles. The normalized spacial score (nSPS) is 12.1. The Hall–Kier alpha value is -3.98. The molecule has 1 aliphatic rings. The fraction of sp³-hybridized carbons (Fsp3) is 0.130. The van der Waals surface area contributed by atoms with Crippen molar-refractivity contribution in [1.82, 2.24) is 14.9 Å². The van der Waals surface area contributed by atoms with E-state index in [0.29, 0.717) is 39.3 Å². The Labute approximate surface area is 187 Å². The van der Waals surface area contributed by atoms with Gasteiger partial charge in [0.05, 0.1) is 17.4 Å². The molecule has 1 amide bonds. The van der Waals surface area contributed by atoms with Gasteiger partial charge in [-0.15, -0.1) is 0 Å². The first-order valence-corrected chi connectivity index (χ1v) is 10.4. The minimum Gasteiger partial charge on any atom is -0.454 e. The van der Waals surface area contributed by atoms with Gasteiger partial charge in [-0.05, 0) is 36.0 Å². The van der Waals surface area contributed by atoms with Gasteiger partial charge in [-0.2, -0.15) is 0 Å². The van der Waals surface area contributed by atoms with Gasteiger partial charge in [-0.3, -0.25) is 14.2 Å². The highest BCUT2D eigenvalue weighted by atomic mass is 32.1. The number of amides is 1. The van der Waals surface area contributed by atoms with Crippen molar-refractivity contribution in [3.05, 3.63) is 92.7 Å². The molecule has 0 atom stereocenters. The second-order valence-electron chi connectivity index (χ2n) is 7.34. The average Bonchev–Trinajstić information content (AvgIpc) is 3.28. The van der Waals surface area contributed by atoms with Gasteiger partial charge in [0.25, 0.3) is 11.5 Å². The predicted octanol–water partition coefficient (Wildman–Crippen LogP) is 2.58. The van der Waals surface area contributed by atoms with Crippen molar-refractivity contribution >= 4 is 29.0 Å². The van der Waals surface area contributed by atoms with Gasteiger partial charge < -0.3 is 19.8 Å². The zero-order valence-corrected chi connectivity index (χ0v) is 17.7. The minimum atomic E-state index is -0.219. The van der Waals surface area contributed by atoms with Gasteiger partial charge in [0.15, 0.2) is 28.2 Å². The Morgan fingerprint density at radius 3 is 2.66 bits per heavy atom. The van der Waals surface area contributed by atoms with Crippen molar-refractivity contribution in [2.45, 2.75) is 13.1 Å². The van der Waals surface area contributed by atoms with Crippen molar-refractivity contribution in [3.8, 4) is 11.5 Å². The monoisotopic (exact) mass is 447 g/mol. The van der Waals surface area contributed by atoms with E-state index in [-0.39, 0.29) is 24.8 Å². The predicted molar refractivity (Wildman–Crippen MR) is 119 cm³/mol. The first kappa shape index (κ1) is 20.0. The number of ether oxygens (including phenoxy) is 2. The Morgan fingerprint density at radius 2 is 1.91 bits per heavy atom. The molecule has 8 nitrogen and oxygen atoms in total. The third-order valence-corrected chi connectivity index (χ3v) is 5.57. The van der Waals surface area contributed by atoms with Gasteiger partial charge in [0.2, 0.25) is 6.79 Å². The van der Waals surface area contributed by atoms with Crippen molar-refractivity contribution in [1.29, 1.82) is 0 Å². The van der Waals surface area contributed by atoms with Crippen LogP contribution in [0, 0.1) is 4.77 Å². The number of nitrogens with zero attached hydrogens (tertiary/aromatic N) is 1. The van der Waals surface area contributed by atoms with Crippen LogP contribution in [-0.2, 0) is 13.1 Å². The van der Waals surface area contributed by atoms with E-state index in [9.17, 15) is 9.59 Å². The summed E-state index contributed by atoms with van der Waals surface area (Å²) in [6.45, 7) is 0.811. The van der Waals surface area contributed by atoms with Crippen LogP contribution in [-0.4, -0.2) is 22.3 Å². The summed E-state index contributed by atoms with van der Waals surface area (Å²) in [4.78, 5) is 31.6. The number of nitrogens with one attached hydrogen (secondary N) is 3. The van der Waals surface area contributed by atoms with Gasteiger partial charge in [0.1, 0.15) is 6.54 Å². The summed E-state index contributed by atoms with van der Waals surface area (Å²) in [6.07, 6.45) is 1.81. The van der Waals surface area contributed by atoms with Gasteiger partial charge in [0, 0.05) is 23.8 Å². The lowest BCUT2D eigenvalue weighted by Gasteiger charge is -2.10. The van der Waals surface area contributed by atoms with E-state index in [2.05, 4.69) is 15.3 Å². The number of benzene rings is 2. The molecule has 160 valence electrons. The molecule has 0 unspecified atom stereocenters. The van der Waals surface area contributed by atoms with E-state index in [4.69, 9.17) is 21.7 Å². The first-order chi connectivity index (χ1) is 15.6. The lowest BCUT2D eigenvalue weighted by molar-refractivity contribution is -0.390. The zero-order chi connectivity index (χ0) is 22.1. The molecule has 0 fully saturated rings. The number of fused-ring (bicyclic) bond motifs is 2. The second kappa shape index (κ2) is 8.27. The summed E-state index contributed by atoms with van der Waals surface area (Å²) in [5.74, 6) is 0.944. The number of rotatable bonds is 5. The molecule has 32 heavy (non-hydrogen) atoms. The van der Waals surface area contributed by atoms with Crippen LogP contribution in [0.15, 0.2) is 65.6 Å². The molecule has 3 heterocycles. The minimum absolute atomic E-state index is 0.129. The van der Waals surface area contributed by atoms with Gasteiger partial charge >= 0.3 is 0 Å². The van der Waals surface area contributed by atoms with E-state index < -0.39 is 0 Å². The Kier molecular flexibility index (Phi) is 5.16. The molecule has 0 aliphatic carbocycles. The van der Waals surface area contributed by atoms with Crippen molar-refractivity contribution < 1.29 is 19.3 Å². The maximum atomic E-state index is 13.1. The number of carbonyl (C=O) groups excluding carboxylic acids is 1. The topological polar surface area (TPSA) is 99.5 Å². The molecule has 9 heteroatoms. The van der Waals surface area contributed by atoms with Crippen LogP contribution in [0.1, 0.15) is 21.6 Å². The van der Waals surface area contributed by atoms with Crippen LogP contribution in [0.25, 0.3) is 10.9 Å². The quantitative estimate of drug-likeness (QED) is 0.458. The highest BCUT2D eigenvalue weighted by Crippen LogP contribution is 2.34. The van der Waals surface area contributed by atoms with Crippen LogP contribution in [0.4, 0.5) is 0 Å². The maximum Gasteiger partial charge on any atom is 0.262 e. The molecule has 0 radical (unpaired) electrons. The van der Waals surface area contributed by atoms with E-state index in [1.54, 1.807) is 24.3 Å². The first-order valence-electron chi connectivity index (χ1n) is 9.98. The SMILES string of the molecule is O=C(NCc1cccc[nH+]1)c1ccc(Cn2c(=S)[nH]c3cc4c(cc3c2=O)OCO4)cc1. The molecular formula is C23H19N4O4S+. The van der Waals surface area contributed by atoms with Crippen LogP contribution in [0.5, 0.6) is 11.5 Å². The molecule has 0 saturated carbocycles. The van der Waals surface area contributed by atoms with Crippen molar-refractivity contribution in [2.75, 3.05) is 6.79 Å². The summed E-state index contributed by atoms with van der Waals surface area (Å²) in [5.41, 5.74) is 2.67. The van der Waals surface area contributed by atoms with Crippen molar-refractivity contribution in [2.24, 2.45) is 0 Å². The molecule has 2 aromatic carbocycles. The lowest BCUT2D eigenvalue weighted by atomic mass is 10.1. The third-order valence-electron chi connectivity index (χ3n) is 5.24. The second-order valence-corrected chi connectivity index (χ2v) is 7.73. The van der Waals surface area contributed by atoms with E-state index in [0.717, 1.165) is 11.3 Å². The largest absolute Gasteiger partial charge is 0.454 e. The number of hydrogen-bond acceptors (Lipinski definition) is 5. The summed E-state index contributed by atoms with van der Waals surface area (Å²) in [6, 6.07) is 16.2. The van der Waals surface area contributed by atoms with Crippen LogP contribution in [0.3, 0.4) is 0 Å². The maximum absolute atomic E-state index is 13.1. The standard InChI is InChI=1S/C23H18N4O4S/c28-21(25-11-16-3-1-2-8-24-16)15-6-4-14(5-7-15)12-27-22(29)17-9-19-20(31-13-30-19)10-18(17)26-23(27)32/h1-10H,11-13H2,(H,25,28)(H,26,32)/p+1. The Morgan fingerprint density at radius 1 is 1.12 bits per heavy atom. The zero-order valence-electron chi connectivity index (χ0n) is 16.9. The smallest absolute Gasteiger partial charge is 0.262 e. The number of aromatic nitrogens is 3. The number of hydrogen-bond donors (Lipinski definition) is 2. The molecule has 3 N–H and O–H groups in total. The Bertz CT molecular complexity index is 1430. The summed E-state index contributed by atoms with van der Waals surface area (Å²) < 4.78 is 12.5. The number of pyridine rings is 1. The van der Waals surface area contributed by atoms with E-state index >= 15 is 0 Å². The van der Waals surface area contributed by atoms with Crippen molar-refractivity contribution in [3.63, 3.8) is 0 Å². The summed E-state index contributed by atoms with van der Waals surface area (Å²) >= 11 is 5.41. The van der Waals surface area contributed by atoms with Crippen LogP contribution in [0.2, 0.25) is 0 Å². The highest BCUT2D eigenvalue weighted by Gasteiger charge is 2.17. The molecule has 4 aromatic rings. The fourth-order valence-electron chi connectivity index (χ4n) is 3.55. The summed E-state index contributed by atoms with van der Waals surface area (Å²) in [7, 11) is 0. The molecule has 0 saturated heterocycles. The molecule has 0 spiro atoms. The average molecular weight is 447 g/mol. The number of carbonyl (C=O) groups is 1. The van der Waals surface area contributed by atoms with Crippen LogP contribution < -0.4 is 25.3 Å². The fourth-order valence-corrected chi connectivity index (χ4v) is 3.81. The van der Waals surface area contributed by atoms with E-state index in [1.165, 1.54) is 4.57 Å². The van der Waals surface area contributed by atoms with E-state index in [1.807, 2.05) is 36.5 Å². The molecular weight excluding hydrogens is 428 g/mol. The van der Waals surface area contributed by atoms with Gasteiger partial charge in [-0.1, -0.05) is 18.2 Å². The Balaban J connectivity index is 1.35. The number of aromatic amines is 2. The lowest BCUT2D eigenvalue weighted by Crippen LogP contribution is -2.26. The third kappa shape index (κ3) is 3.85. The molecule has 0 bridgehead atoms. The highest BCUT2D eigenvalue weighted by molar-refractivity contribution is 7.71. The summed E-state index contributed by atoms with van der Waals surface area (Å²) in [5, 5.41) is 3.34. The molecule has 1 aliphatic heterocycles. The van der Waals surface area contributed by atoms with Gasteiger partial charge in [-0.25, -0.2) is 4.98 Å².